The number of nitrogens with zero attached hydrogens (tertiary/aromatic N) is 4. The molecule has 0 spiro atoms. The second kappa shape index (κ2) is 7.79. The van der Waals surface area contributed by atoms with Crippen molar-refractivity contribution < 1.29 is 9.53 Å². The number of para-hydroxylation sites is 2. The molecule has 0 unspecified atom stereocenters. The lowest BCUT2D eigenvalue weighted by Crippen LogP contribution is -2.38. The summed E-state index contributed by atoms with van der Waals surface area (Å²) in [5.41, 5.74) is 1.61. The highest BCUT2D eigenvalue weighted by molar-refractivity contribution is 7.21. The van der Waals surface area contributed by atoms with E-state index in [1.807, 2.05) is 41.3 Å². The number of amides is 2. The van der Waals surface area contributed by atoms with Gasteiger partial charge in [-0.15, -0.1) is 0 Å². The van der Waals surface area contributed by atoms with Crippen LogP contribution >= 0.6 is 11.3 Å². The Labute approximate surface area is 161 Å². The first kappa shape index (κ1) is 17.5. The van der Waals surface area contributed by atoms with Crippen LogP contribution in [0, 0.1) is 0 Å². The van der Waals surface area contributed by atoms with Gasteiger partial charge in [0.05, 0.1) is 12.8 Å². The molecule has 8 heteroatoms. The number of rotatable bonds is 3. The second-order valence-electron chi connectivity index (χ2n) is 6.28. The minimum absolute atomic E-state index is 0.104. The molecule has 0 atom stereocenters. The number of benzene rings is 1. The van der Waals surface area contributed by atoms with E-state index in [2.05, 4.69) is 20.2 Å². The SMILES string of the molecule is COc1ccccc1NC(=O)N1CCCN(c2nc3cccnc3s2)CC1. The molecule has 1 N–H and O–H groups in total. The van der Waals surface area contributed by atoms with Crippen molar-refractivity contribution >= 4 is 38.5 Å². The number of nitrogens with one attached hydrogen (secondary N) is 1. The van der Waals surface area contributed by atoms with Crippen molar-refractivity contribution in [3.63, 3.8) is 0 Å². The molecule has 140 valence electrons. The minimum Gasteiger partial charge on any atom is -0.495 e. The van der Waals surface area contributed by atoms with Gasteiger partial charge in [-0.2, -0.15) is 0 Å². The number of aromatic nitrogens is 2. The minimum atomic E-state index is -0.104. The Hall–Kier alpha value is -2.87. The molecule has 0 saturated carbocycles. The second-order valence-corrected chi connectivity index (χ2v) is 7.24. The van der Waals surface area contributed by atoms with Gasteiger partial charge in [0.1, 0.15) is 16.1 Å². The molecule has 0 bridgehead atoms. The van der Waals surface area contributed by atoms with Crippen LogP contribution in [0.1, 0.15) is 6.42 Å². The lowest BCUT2D eigenvalue weighted by Gasteiger charge is -2.22. The fraction of sp³-hybridized carbons (Fsp3) is 0.316. The van der Waals surface area contributed by atoms with Crippen molar-refractivity contribution in [1.29, 1.82) is 0 Å². The Morgan fingerprint density at radius 2 is 2.04 bits per heavy atom. The van der Waals surface area contributed by atoms with Gasteiger partial charge in [0.25, 0.3) is 0 Å². The van der Waals surface area contributed by atoms with Crippen LogP contribution in [-0.4, -0.2) is 54.2 Å². The summed E-state index contributed by atoms with van der Waals surface area (Å²) in [4.78, 5) is 26.8. The standard InChI is InChI=1S/C19H21N5O2S/c1-26-16-8-3-2-6-14(16)21-18(25)23-10-5-11-24(13-12-23)19-22-15-7-4-9-20-17(15)27-19/h2-4,6-9H,5,10-13H2,1H3,(H,21,25). The van der Waals surface area contributed by atoms with Crippen LogP contribution < -0.4 is 15.0 Å². The molecule has 2 amide bonds. The molecule has 1 aliphatic rings. The van der Waals surface area contributed by atoms with E-state index in [0.29, 0.717) is 24.5 Å². The first-order valence-electron chi connectivity index (χ1n) is 8.90. The van der Waals surface area contributed by atoms with E-state index in [1.54, 1.807) is 24.6 Å². The highest BCUT2D eigenvalue weighted by Gasteiger charge is 2.22. The maximum absolute atomic E-state index is 12.7. The lowest BCUT2D eigenvalue weighted by atomic mass is 10.3. The van der Waals surface area contributed by atoms with Crippen molar-refractivity contribution in [3.8, 4) is 5.75 Å². The maximum Gasteiger partial charge on any atom is 0.322 e. The lowest BCUT2D eigenvalue weighted by molar-refractivity contribution is 0.215. The van der Waals surface area contributed by atoms with E-state index in [1.165, 1.54) is 0 Å². The third-order valence-electron chi connectivity index (χ3n) is 4.56. The third kappa shape index (κ3) is 3.80. The van der Waals surface area contributed by atoms with Gasteiger partial charge in [-0.25, -0.2) is 14.8 Å². The van der Waals surface area contributed by atoms with Crippen LogP contribution in [0.15, 0.2) is 42.6 Å². The predicted molar refractivity (Wildman–Crippen MR) is 108 cm³/mol. The van der Waals surface area contributed by atoms with Crippen LogP contribution in [0.3, 0.4) is 0 Å². The molecule has 1 aliphatic heterocycles. The number of carbonyl (C=O) groups is 1. The van der Waals surface area contributed by atoms with Crippen molar-refractivity contribution in [2.45, 2.75) is 6.42 Å². The fourth-order valence-corrected chi connectivity index (χ4v) is 4.11. The molecular formula is C19H21N5O2S. The summed E-state index contributed by atoms with van der Waals surface area (Å²) in [6.45, 7) is 2.97. The summed E-state index contributed by atoms with van der Waals surface area (Å²) >= 11 is 1.60. The highest BCUT2D eigenvalue weighted by atomic mass is 32.1. The van der Waals surface area contributed by atoms with Crippen molar-refractivity contribution in [2.24, 2.45) is 0 Å². The number of anilines is 2. The van der Waals surface area contributed by atoms with E-state index in [0.717, 1.165) is 35.0 Å². The number of thiazole rings is 1. The Kier molecular flexibility index (Phi) is 5.06. The number of methoxy groups -OCH3 is 1. The molecule has 1 saturated heterocycles. The molecule has 3 aromatic rings. The zero-order valence-electron chi connectivity index (χ0n) is 15.1. The van der Waals surface area contributed by atoms with Gasteiger partial charge in [0, 0.05) is 32.4 Å². The number of pyridine rings is 1. The van der Waals surface area contributed by atoms with Gasteiger partial charge in [0.2, 0.25) is 0 Å². The van der Waals surface area contributed by atoms with Crippen molar-refractivity contribution in [2.75, 3.05) is 43.5 Å². The van der Waals surface area contributed by atoms with Crippen molar-refractivity contribution in [1.82, 2.24) is 14.9 Å². The van der Waals surface area contributed by atoms with Crippen LogP contribution in [0.2, 0.25) is 0 Å². The molecule has 27 heavy (non-hydrogen) atoms. The molecule has 0 aliphatic carbocycles. The quantitative estimate of drug-likeness (QED) is 0.750. The first-order valence-corrected chi connectivity index (χ1v) is 9.72. The largest absolute Gasteiger partial charge is 0.495 e. The number of hydrogen-bond donors (Lipinski definition) is 1. The molecule has 3 heterocycles. The Bertz CT molecular complexity index is 912. The summed E-state index contributed by atoms with van der Waals surface area (Å²) < 4.78 is 5.31. The van der Waals surface area contributed by atoms with Crippen LogP contribution in [0.25, 0.3) is 10.3 Å². The Morgan fingerprint density at radius 1 is 1.15 bits per heavy atom. The molecule has 1 aromatic carbocycles. The molecule has 2 aromatic heterocycles. The fourth-order valence-electron chi connectivity index (χ4n) is 3.15. The Balaban J connectivity index is 1.42. The van der Waals surface area contributed by atoms with Gasteiger partial charge >= 0.3 is 6.03 Å². The average molecular weight is 383 g/mol. The molecule has 1 fully saturated rings. The van der Waals surface area contributed by atoms with E-state index in [9.17, 15) is 4.79 Å². The number of carbonyl (C=O) groups excluding carboxylic acids is 1. The van der Waals surface area contributed by atoms with Crippen LogP contribution in [0.4, 0.5) is 15.6 Å². The summed E-state index contributed by atoms with van der Waals surface area (Å²) in [5.74, 6) is 0.657. The summed E-state index contributed by atoms with van der Waals surface area (Å²) in [6, 6.07) is 11.2. The number of hydrogen-bond acceptors (Lipinski definition) is 6. The summed E-state index contributed by atoms with van der Waals surface area (Å²) in [5, 5.41) is 3.92. The number of fused-ring (bicyclic) bond motifs is 1. The van der Waals surface area contributed by atoms with Crippen molar-refractivity contribution in [3.05, 3.63) is 42.6 Å². The maximum atomic E-state index is 12.7. The van der Waals surface area contributed by atoms with Crippen LogP contribution in [-0.2, 0) is 0 Å². The predicted octanol–water partition coefficient (Wildman–Crippen LogP) is 3.44. The normalized spacial score (nSPS) is 14.9. The smallest absolute Gasteiger partial charge is 0.322 e. The van der Waals surface area contributed by atoms with E-state index in [-0.39, 0.29) is 6.03 Å². The van der Waals surface area contributed by atoms with Crippen LogP contribution in [0.5, 0.6) is 5.75 Å². The zero-order chi connectivity index (χ0) is 18.6. The number of urea groups is 1. The van der Waals surface area contributed by atoms with Gasteiger partial charge in [0.15, 0.2) is 5.13 Å². The summed E-state index contributed by atoms with van der Waals surface area (Å²) in [6.07, 6.45) is 2.68. The summed E-state index contributed by atoms with van der Waals surface area (Å²) in [7, 11) is 1.60. The first-order chi connectivity index (χ1) is 13.2. The van der Waals surface area contributed by atoms with Gasteiger partial charge in [-0.3, -0.25) is 0 Å². The monoisotopic (exact) mass is 383 g/mol. The van der Waals surface area contributed by atoms with Gasteiger partial charge in [-0.05, 0) is 30.7 Å². The average Bonchev–Trinajstić information content (AvgIpc) is 2.97. The number of ether oxygens (including phenoxy) is 1. The highest BCUT2D eigenvalue weighted by Crippen LogP contribution is 2.28. The zero-order valence-corrected chi connectivity index (χ0v) is 15.9. The Morgan fingerprint density at radius 3 is 2.89 bits per heavy atom. The molecular weight excluding hydrogens is 362 g/mol. The van der Waals surface area contributed by atoms with Gasteiger partial charge < -0.3 is 19.9 Å². The van der Waals surface area contributed by atoms with Gasteiger partial charge in [-0.1, -0.05) is 23.5 Å². The molecule has 4 rings (SSSR count). The molecule has 0 radical (unpaired) electrons. The topological polar surface area (TPSA) is 70.6 Å². The van der Waals surface area contributed by atoms with E-state index >= 15 is 0 Å². The van der Waals surface area contributed by atoms with E-state index in [4.69, 9.17) is 4.74 Å². The molecule has 7 nitrogen and oxygen atoms in total. The third-order valence-corrected chi connectivity index (χ3v) is 5.60. The van der Waals surface area contributed by atoms with E-state index < -0.39 is 0 Å².